The summed E-state index contributed by atoms with van der Waals surface area (Å²) in [4.78, 5) is 14.2. The third-order valence-corrected chi connectivity index (χ3v) is 5.12. The predicted molar refractivity (Wildman–Crippen MR) is 80.4 cm³/mol. The van der Waals surface area contributed by atoms with Crippen LogP contribution in [0.5, 0.6) is 0 Å². The standard InChI is InChI=1S/C14H21N3O2S/c1-2-10-6-7-11(20-10)12(18)16-14(13(15)17-19)8-4-3-5-9-14/h6-7,19H,2-5,8-9H2,1H3,(H2,15,17)(H,16,18). The van der Waals surface area contributed by atoms with Gasteiger partial charge in [0, 0.05) is 4.88 Å². The van der Waals surface area contributed by atoms with E-state index < -0.39 is 5.54 Å². The predicted octanol–water partition coefficient (Wildman–Crippen LogP) is 2.49. The van der Waals surface area contributed by atoms with Crippen molar-refractivity contribution in [2.45, 2.75) is 51.0 Å². The Morgan fingerprint density at radius 1 is 1.45 bits per heavy atom. The first-order valence-corrected chi connectivity index (χ1v) is 7.82. The molecule has 1 saturated carbocycles. The largest absolute Gasteiger partial charge is 0.409 e. The minimum Gasteiger partial charge on any atom is -0.409 e. The van der Waals surface area contributed by atoms with Crippen LogP contribution in [0.15, 0.2) is 17.3 Å². The summed E-state index contributed by atoms with van der Waals surface area (Å²) in [5.41, 5.74) is 5.14. The van der Waals surface area contributed by atoms with E-state index in [2.05, 4.69) is 17.4 Å². The monoisotopic (exact) mass is 295 g/mol. The van der Waals surface area contributed by atoms with Crippen molar-refractivity contribution >= 4 is 23.1 Å². The lowest BCUT2D eigenvalue weighted by Gasteiger charge is -2.36. The molecule has 1 aromatic rings. The molecule has 0 aliphatic heterocycles. The van der Waals surface area contributed by atoms with Gasteiger partial charge in [0.2, 0.25) is 0 Å². The van der Waals surface area contributed by atoms with Gasteiger partial charge in [-0.2, -0.15) is 0 Å². The van der Waals surface area contributed by atoms with Gasteiger partial charge in [-0.05, 0) is 31.4 Å². The van der Waals surface area contributed by atoms with Gasteiger partial charge < -0.3 is 16.3 Å². The molecule has 1 heterocycles. The van der Waals surface area contributed by atoms with Gasteiger partial charge in [-0.25, -0.2) is 0 Å². The Bertz CT molecular complexity index is 504. The molecule has 0 bridgehead atoms. The lowest BCUT2D eigenvalue weighted by atomic mass is 9.80. The fourth-order valence-corrected chi connectivity index (χ4v) is 3.51. The summed E-state index contributed by atoms with van der Waals surface area (Å²) in [6.45, 7) is 2.06. The first-order chi connectivity index (χ1) is 9.61. The first-order valence-electron chi connectivity index (χ1n) is 7.00. The Kier molecular flexibility index (Phi) is 4.65. The molecule has 0 unspecified atom stereocenters. The number of hydrogen-bond donors (Lipinski definition) is 3. The van der Waals surface area contributed by atoms with Crippen LogP contribution >= 0.6 is 11.3 Å². The summed E-state index contributed by atoms with van der Waals surface area (Å²) in [6, 6.07) is 3.80. The lowest BCUT2D eigenvalue weighted by molar-refractivity contribution is 0.0910. The number of nitrogens with two attached hydrogens (primary N) is 1. The Morgan fingerprint density at radius 2 is 2.15 bits per heavy atom. The van der Waals surface area contributed by atoms with E-state index in [-0.39, 0.29) is 11.7 Å². The van der Waals surface area contributed by atoms with Gasteiger partial charge in [-0.3, -0.25) is 4.79 Å². The molecular formula is C14H21N3O2S. The average Bonchev–Trinajstić information content (AvgIpc) is 2.96. The SMILES string of the molecule is CCc1ccc(C(=O)NC2(C(N)=NO)CCCCC2)s1. The van der Waals surface area contributed by atoms with E-state index in [0.717, 1.165) is 38.5 Å². The molecule has 2 rings (SSSR count). The molecule has 5 nitrogen and oxygen atoms in total. The van der Waals surface area contributed by atoms with E-state index in [0.29, 0.717) is 4.88 Å². The van der Waals surface area contributed by atoms with Crippen molar-refractivity contribution in [1.82, 2.24) is 5.32 Å². The maximum atomic E-state index is 12.4. The third-order valence-electron chi connectivity index (χ3n) is 3.89. The molecule has 0 spiro atoms. The van der Waals surface area contributed by atoms with Crippen LogP contribution in [0.1, 0.15) is 53.6 Å². The van der Waals surface area contributed by atoms with Crippen molar-refractivity contribution in [2.75, 3.05) is 0 Å². The number of nitrogens with zero attached hydrogens (tertiary/aromatic N) is 1. The molecule has 0 atom stereocenters. The zero-order valence-corrected chi connectivity index (χ0v) is 12.5. The number of aryl methyl sites for hydroxylation is 1. The second-order valence-electron chi connectivity index (χ2n) is 5.20. The van der Waals surface area contributed by atoms with Crippen LogP contribution in [0.4, 0.5) is 0 Å². The molecule has 1 aromatic heterocycles. The van der Waals surface area contributed by atoms with Crippen molar-refractivity contribution < 1.29 is 10.0 Å². The van der Waals surface area contributed by atoms with Gasteiger partial charge in [0.15, 0.2) is 5.84 Å². The highest BCUT2D eigenvalue weighted by molar-refractivity contribution is 7.14. The highest BCUT2D eigenvalue weighted by Crippen LogP contribution is 2.29. The van der Waals surface area contributed by atoms with Crippen molar-refractivity contribution in [3.8, 4) is 0 Å². The van der Waals surface area contributed by atoms with Gasteiger partial charge in [-0.15, -0.1) is 11.3 Å². The number of hydrogen-bond acceptors (Lipinski definition) is 4. The topological polar surface area (TPSA) is 87.7 Å². The summed E-state index contributed by atoms with van der Waals surface area (Å²) in [5, 5.41) is 15.1. The second kappa shape index (κ2) is 6.26. The molecule has 1 aliphatic rings. The molecular weight excluding hydrogens is 274 g/mol. The number of carbonyl (C=O) groups excluding carboxylic acids is 1. The maximum absolute atomic E-state index is 12.4. The molecule has 0 saturated heterocycles. The molecule has 20 heavy (non-hydrogen) atoms. The average molecular weight is 295 g/mol. The summed E-state index contributed by atoms with van der Waals surface area (Å²) in [7, 11) is 0. The number of rotatable bonds is 4. The van der Waals surface area contributed by atoms with Crippen molar-refractivity contribution in [3.63, 3.8) is 0 Å². The van der Waals surface area contributed by atoms with Crippen LogP contribution in [-0.2, 0) is 6.42 Å². The molecule has 0 radical (unpaired) electrons. The fourth-order valence-electron chi connectivity index (χ4n) is 2.67. The number of amides is 1. The van der Waals surface area contributed by atoms with Crippen LogP contribution in [0.2, 0.25) is 0 Å². The minimum atomic E-state index is -0.694. The zero-order chi connectivity index (χ0) is 14.6. The Balaban J connectivity index is 2.17. The van der Waals surface area contributed by atoms with Gasteiger partial charge >= 0.3 is 0 Å². The first kappa shape index (κ1) is 14.8. The zero-order valence-electron chi connectivity index (χ0n) is 11.7. The lowest BCUT2D eigenvalue weighted by Crippen LogP contribution is -2.58. The van der Waals surface area contributed by atoms with Gasteiger partial charge in [0.25, 0.3) is 5.91 Å². The Morgan fingerprint density at radius 3 is 2.70 bits per heavy atom. The van der Waals surface area contributed by atoms with E-state index in [4.69, 9.17) is 10.9 Å². The maximum Gasteiger partial charge on any atom is 0.262 e. The summed E-state index contributed by atoms with van der Waals surface area (Å²) >= 11 is 1.49. The van der Waals surface area contributed by atoms with E-state index >= 15 is 0 Å². The minimum absolute atomic E-state index is 0.109. The van der Waals surface area contributed by atoms with Crippen molar-refractivity contribution in [2.24, 2.45) is 10.9 Å². The quantitative estimate of drug-likeness (QED) is 0.345. The van der Waals surface area contributed by atoms with Gasteiger partial charge in [0.1, 0.15) is 5.54 Å². The summed E-state index contributed by atoms with van der Waals surface area (Å²) < 4.78 is 0. The second-order valence-corrected chi connectivity index (χ2v) is 6.37. The van der Waals surface area contributed by atoms with Gasteiger partial charge in [-0.1, -0.05) is 31.3 Å². The van der Waals surface area contributed by atoms with Crippen LogP contribution < -0.4 is 11.1 Å². The molecule has 4 N–H and O–H groups in total. The van der Waals surface area contributed by atoms with Gasteiger partial charge in [0.05, 0.1) is 4.88 Å². The highest BCUT2D eigenvalue weighted by Gasteiger charge is 2.38. The van der Waals surface area contributed by atoms with Crippen LogP contribution in [0, 0.1) is 0 Å². The number of carbonyl (C=O) groups is 1. The van der Waals surface area contributed by atoms with Crippen LogP contribution in [0.25, 0.3) is 0 Å². The number of thiophene rings is 1. The normalized spacial score (nSPS) is 18.8. The summed E-state index contributed by atoms with van der Waals surface area (Å²) in [6.07, 6.45) is 5.43. The number of oxime groups is 1. The molecule has 1 aliphatic carbocycles. The van der Waals surface area contributed by atoms with Crippen LogP contribution in [-0.4, -0.2) is 22.5 Å². The smallest absolute Gasteiger partial charge is 0.262 e. The molecule has 110 valence electrons. The van der Waals surface area contributed by atoms with E-state index in [1.807, 2.05) is 12.1 Å². The van der Waals surface area contributed by atoms with Crippen LogP contribution in [0.3, 0.4) is 0 Å². The number of amidine groups is 1. The van der Waals surface area contributed by atoms with E-state index in [1.165, 1.54) is 16.2 Å². The van der Waals surface area contributed by atoms with Crippen molar-refractivity contribution in [3.05, 3.63) is 21.9 Å². The molecule has 6 heteroatoms. The third kappa shape index (κ3) is 2.95. The highest BCUT2D eigenvalue weighted by atomic mass is 32.1. The fraction of sp³-hybridized carbons (Fsp3) is 0.571. The van der Waals surface area contributed by atoms with Crippen molar-refractivity contribution in [1.29, 1.82) is 0 Å². The molecule has 0 aromatic carbocycles. The molecule has 1 amide bonds. The molecule has 1 fully saturated rings. The Hall–Kier alpha value is -1.56. The Labute approximate surface area is 122 Å². The van der Waals surface area contributed by atoms with E-state index in [1.54, 1.807) is 0 Å². The number of nitrogens with one attached hydrogen (secondary N) is 1. The summed E-state index contributed by atoms with van der Waals surface area (Å²) in [5.74, 6) is -0.0268. The van der Waals surface area contributed by atoms with E-state index in [9.17, 15) is 4.79 Å².